The van der Waals surface area contributed by atoms with Crippen molar-refractivity contribution >= 4 is 13.1 Å². The maximum absolute atomic E-state index is 11.7. The molecule has 0 aromatic heterocycles. The lowest BCUT2D eigenvalue weighted by molar-refractivity contribution is -0.148. The van der Waals surface area contributed by atoms with Gasteiger partial charge in [0, 0.05) is 0 Å². The van der Waals surface area contributed by atoms with Crippen LogP contribution in [0.1, 0.15) is 67.7 Å². The highest BCUT2D eigenvalue weighted by atomic mass is 16.7. The Balaban J connectivity index is 0.00000116. The zero-order chi connectivity index (χ0) is 17.0. The van der Waals surface area contributed by atoms with E-state index >= 15 is 0 Å². The van der Waals surface area contributed by atoms with E-state index in [0.29, 0.717) is 6.61 Å². The van der Waals surface area contributed by atoms with Gasteiger partial charge in [0.05, 0.1) is 23.7 Å². The van der Waals surface area contributed by atoms with Gasteiger partial charge in [-0.3, -0.25) is 4.79 Å². The molecule has 22 heavy (non-hydrogen) atoms. The van der Waals surface area contributed by atoms with Crippen molar-refractivity contribution in [3.8, 4) is 0 Å². The fourth-order valence-electron chi connectivity index (χ4n) is 2.54. The number of rotatable bonds is 3. The van der Waals surface area contributed by atoms with E-state index in [1.165, 1.54) is 0 Å². The molecule has 1 atom stereocenters. The van der Waals surface area contributed by atoms with Gasteiger partial charge in [-0.25, -0.2) is 0 Å². The van der Waals surface area contributed by atoms with Crippen LogP contribution in [0.15, 0.2) is 11.5 Å². The molecule has 126 valence electrons. The summed E-state index contributed by atoms with van der Waals surface area (Å²) in [6.45, 7) is 14.5. The maximum atomic E-state index is 11.7. The van der Waals surface area contributed by atoms with Crippen molar-refractivity contribution in [3.63, 3.8) is 0 Å². The largest absolute Gasteiger partial charge is 0.490 e. The molecular formula is C17H31BO4. The minimum absolute atomic E-state index is 0.0128. The second kappa shape index (κ2) is 7.65. The summed E-state index contributed by atoms with van der Waals surface area (Å²) in [5, 5.41) is 0. The van der Waals surface area contributed by atoms with Crippen molar-refractivity contribution in [3.05, 3.63) is 11.5 Å². The molecule has 0 amide bonds. The summed E-state index contributed by atoms with van der Waals surface area (Å²) in [6, 6.07) is 0. The van der Waals surface area contributed by atoms with Gasteiger partial charge in [0.2, 0.25) is 0 Å². The van der Waals surface area contributed by atoms with Gasteiger partial charge in [-0.05, 0) is 59.4 Å². The molecule has 2 aliphatic rings. The van der Waals surface area contributed by atoms with Crippen LogP contribution in [0, 0.1) is 5.92 Å². The third-order valence-electron chi connectivity index (χ3n) is 4.62. The van der Waals surface area contributed by atoms with E-state index in [-0.39, 0.29) is 30.2 Å². The van der Waals surface area contributed by atoms with E-state index in [1.807, 2.05) is 20.8 Å². The first kappa shape index (κ1) is 19.2. The van der Waals surface area contributed by atoms with Gasteiger partial charge in [-0.15, -0.1) is 0 Å². The monoisotopic (exact) mass is 310 g/mol. The predicted octanol–water partition coefficient (Wildman–Crippen LogP) is 3.93. The number of carbonyl (C=O) groups is 1. The van der Waals surface area contributed by atoms with Crippen LogP contribution in [0.3, 0.4) is 0 Å². The van der Waals surface area contributed by atoms with Gasteiger partial charge in [-0.2, -0.15) is 0 Å². The van der Waals surface area contributed by atoms with Crippen LogP contribution in [-0.4, -0.2) is 30.9 Å². The normalized spacial score (nSPS) is 25.9. The molecule has 4 nitrogen and oxygen atoms in total. The second-order valence-corrected chi connectivity index (χ2v) is 6.59. The lowest BCUT2D eigenvalue weighted by Crippen LogP contribution is -2.41. The molecular weight excluding hydrogens is 279 g/mol. The number of ether oxygens (including phenoxy) is 1. The minimum atomic E-state index is -0.309. The third-order valence-corrected chi connectivity index (χ3v) is 4.62. The molecule has 0 aromatic rings. The number of hydrogen-bond acceptors (Lipinski definition) is 4. The summed E-state index contributed by atoms with van der Waals surface area (Å²) in [5.41, 5.74) is 0.539. The van der Waals surface area contributed by atoms with Crippen LogP contribution < -0.4 is 0 Å². The average Bonchev–Trinajstić information content (AvgIpc) is 2.70. The molecule has 5 heteroatoms. The molecule has 0 spiro atoms. The molecule has 0 saturated carbocycles. The van der Waals surface area contributed by atoms with Gasteiger partial charge in [-0.1, -0.05) is 19.9 Å². The third kappa shape index (κ3) is 4.14. The zero-order valence-corrected chi connectivity index (χ0v) is 15.2. The summed E-state index contributed by atoms with van der Waals surface area (Å²) in [4.78, 5) is 11.7. The Labute approximate surface area is 135 Å². The smallest absolute Gasteiger partial charge is 0.466 e. The molecule has 1 aliphatic carbocycles. The van der Waals surface area contributed by atoms with Crippen molar-refractivity contribution in [2.24, 2.45) is 5.92 Å². The molecule has 1 unspecified atom stereocenters. The first-order valence-electron chi connectivity index (χ1n) is 8.48. The zero-order valence-electron chi connectivity index (χ0n) is 15.2. The maximum Gasteiger partial charge on any atom is 0.490 e. The molecule has 1 fully saturated rings. The van der Waals surface area contributed by atoms with E-state index < -0.39 is 0 Å². The molecule has 0 radical (unpaired) electrons. The highest BCUT2D eigenvalue weighted by molar-refractivity contribution is 6.54. The van der Waals surface area contributed by atoms with Crippen molar-refractivity contribution in [1.82, 2.24) is 0 Å². The Morgan fingerprint density at radius 3 is 2.23 bits per heavy atom. The second-order valence-electron chi connectivity index (χ2n) is 6.59. The predicted molar refractivity (Wildman–Crippen MR) is 89.5 cm³/mol. The Morgan fingerprint density at radius 2 is 1.82 bits per heavy atom. The highest BCUT2D eigenvalue weighted by Gasteiger charge is 2.52. The van der Waals surface area contributed by atoms with Crippen LogP contribution in [0.5, 0.6) is 0 Å². The topological polar surface area (TPSA) is 44.8 Å². The van der Waals surface area contributed by atoms with Crippen molar-refractivity contribution in [1.29, 1.82) is 0 Å². The van der Waals surface area contributed by atoms with E-state index in [2.05, 4.69) is 33.8 Å². The van der Waals surface area contributed by atoms with E-state index in [0.717, 1.165) is 24.7 Å². The number of allylic oxidation sites excluding steroid dienone is 2. The summed E-state index contributed by atoms with van der Waals surface area (Å²) >= 11 is 0. The molecule has 1 saturated heterocycles. The van der Waals surface area contributed by atoms with E-state index in [4.69, 9.17) is 14.0 Å². The summed E-state index contributed by atoms with van der Waals surface area (Å²) in [6.07, 6.45) is 4.46. The first-order valence-corrected chi connectivity index (χ1v) is 8.48. The van der Waals surface area contributed by atoms with Crippen LogP contribution in [0.25, 0.3) is 0 Å². The molecule has 1 heterocycles. The van der Waals surface area contributed by atoms with Crippen LogP contribution in [-0.2, 0) is 18.8 Å². The summed E-state index contributed by atoms with van der Waals surface area (Å²) in [5.74, 6) is -0.0992. The number of esters is 1. The molecule has 0 aromatic carbocycles. The lowest BCUT2D eigenvalue weighted by atomic mass is 9.70. The average molecular weight is 310 g/mol. The van der Waals surface area contributed by atoms with E-state index in [9.17, 15) is 4.79 Å². The SMILES string of the molecule is CC.CCOC(=O)C1CC=C(B2OC(C)(C)C(C)(C)O2)CC1. The lowest BCUT2D eigenvalue weighted by Gasteiger charge is -2.32. The van der Waals surface area contributed by atoms with Crippen LogP contribution in [0.2, 0.25) is 0 Å². The van der Waals surface area contributed by atoms with E-state index in [1.54, 1.807) is 0 Å². The number of carbonyl (C=O) groups excluding carboxylic acids is 1. The van der Waals surface area contributed by atoms with Gasteiger partial charge < -0.3 is 14.0 Å². The quantitative estimate of drug-likeness (QED) is 0.585. The first-order chi connectivity index (χ1) is 10.3. The van der Waals surface area contributed by atoms with Gasteiger partial charge in [0.25, 0.3) is 0 Å². The minimum Gasteiger partial charge on any atom is -0.466 e. The summed E-state index contributed by atoms with van der Waals surface area (Å²) in [7, 11) is -0.275. The standard InChI is InChI=1S/C15H25BO4.C2H6/c1-6-18-13(17)11-7-9-12(10-8-11)16-19-14(2,3)15(4,5)20-16;1-2/h9,11H,6-8,10H2,1-5H3;1-2H3. The highest BCUT2D eigenvalue weighted by Crippen LogP contribution is 2.40. The van der Waals surface area contributed by atoms with Gasteiger partial charge in [0.15, 0.2) is 0 Å². The Kier molecular flexibility index (Phi) is 6.69. The Morgan fingerprint density at radius 1 is 1.27 bits per heavy atom. The molecule has 0 bridgehead atoms. The van der Waals surface area contributed by atoms with Crippen LogP contribution >= 0.6 is 0 Å². The van der Waals surface area contributed by atoms with Crippen molar-refractivity contribution in [2.75, 3.05) is 6.61 Å². The molecule has 1 aliphatic heterocycles. The van der Waals surface area contributed by atoms with Crippen molar-refractivity contribution < 1.29 is 18.8 Å². The molecule has 0 N–H and O–H groups in total. The molecule has 2 rings (SSSR count). The Hall–Kier alpha value is -0.805. The van der Waals surface area contributed by atoms with Crippen LogP contribution in [0.4, 0.5) is 0 Å². The fourth-order valence-corrected chi connectivity index (χ4v) is 2.54. The van der Waals surface area contributed by atoms with Crippen molar-refractivity contribution in [2.45, 2.75) is 78.9 Å². The van der Waals surface area contributed by atoms with Gasteiger partial charge in [0.1, 0.15) is 0 Å². The number of hydrogen-bond donors (Lipinski definition) is 0. The van der Waals surface area contributed by atoms with Gasteiger partial charge >= 0.3 is 13.1 Å². The summed E-state index contributed by atoms with van der Waals surface area (Å²) < 4.78 is 17.2. The Bertz CT molecular complexity index is 399. The fraction of sp³-hybridized carbons (Fsp3) is 0.824.